The smallest absolute Gasteiger partial charge is 0.160 e. The lowest BCUT2D eigenvalue weighted by Crippen LogP contribution is -2.14. The topological polar surface area (TPSA) is 67.3 Å². The van der Waals surface area contributed by atoms with Crippen LogP contribution in [0.1, 0.15) is 17.0 Å². The van der Waals surface area contributed by atoms with Gasteiger partial charge >= 0.3 is 0 Å². The van der Waals surface area contributed by atoms with E-state index in [1.807, 2.05) is 19.1 Å². The van der Waals surface area contributed by atoms with Gasteiger partial charge in [0.1, 0.15) is 0 Å². The standard InChI is InChI=1S/C14H17N3O2/c1-10-6-17-12(9-16-10)8-15-7-11-3-4-13(18)14(5-11)19-2/h3-6,9,15,18H,7-8H2,1-2H3. The predicted molar refractivity (Wildman–Crippen MR) is 72.0 cm³/mol. The SMILES string of the molecule is COc1cc(CNCc2cnc(C)cn2)ccc1O. The van der Waals surface area contributed by atoms with Gasteiger partial charge in [0.25, 0.3) is 0 Å². The Balaban J connectivity index is 1.90. The van der Waals surface area contributed by atoms with Gasteiger partial charge in [-0.2, -0.15) is 0 Å². The number of nitrogens with zero attached hydrogens (tertiary/aromatic N) is 2. The van der Waals surface area contributed by atoms with Gasteiger partial charge in [-0.25, -0.2) is 0 Å². The van der Waals surface area contributed by atoms with Gasteiger partial charge in [-0.15, -0.1) is 0 Å². The Morgan fingerprint density at radius 2 is 2.05 bits per heavy atom. The van der Waals surface area contributed by atoms with Crippen molar-refractivity contribution < 1.29 is 9.84 Å². The Hall–Kier alpha value is -2.14. The molecule has 0 saturated heterocycles. The molecule has 100 valence electrons. The van der Waals surface area contributed by atoms with E-state index >= 15 is 0 Å². The average Bonchev–Trinajstić information content (AvgIpc) is 2.43. The fraction of sp³-hybridized carbons (Fsp3) is 0.286. The fourth-order valence-electron chi connectivity index (χ4n) is 1.68. The summed E-state index contributed by atoms with van der Waals surface area (Å²) in [7, 11) is 1.54. The minimum absolute atomic E-state index is 0.149. The molecule has 0 fully saturated rings. The Labute approximate surface area is 112 Å². The molecule has 0 saturated carbocycles. The summed E-state index contributed by atoms with van der Waals surface area (Å²) in [6.07, 6.45) is 3.51. The number of phenolic OH excluding ortho intramolecular Hbond substituents is 1. The second-order valence-corrected chi connectivity index (χ2v) is 4.26. The third-order valence-corrected chi connectivity index (χ3v) is 2.71. The lowest BCUT2D eigenvalue weighted by Gasteiger charge is -2.08. The van der Waals surface area contributed by atoms with Crippen LogP contribution in [-0.4, -0.2) is 22.2 Å². The van der Waals surface area contributed by atoms with Gasteiger partial charge in [0.15, 0.2) is 11.5 Å². The highest BCUT2D eigenvalue weighted by Crippen LogP contribution is 2.26. The number of aromatic nitrogens is 2. The highest BCUT2D eigenvalue weighted by Gasteiger charge is 2.02. The molecule has 1 aromatic heterocycles. The lowest BCUT2D eigenvalue weighted by molar-refractivity contribution is 0.372. The van der Waals surface area contributed by atoms with Crippen molar-refractivity contribution >= 4 is 0 Å². The summed E-state index contributed by atoms with van der Waals surface area (Å²) in [6.45, 7) is 3.23. The number of benzene rings is 1. The minimum atomic E-state index is 0.149. The molecule has 2 aromatic rings. The third kappa shape index (κ3) is 3.66. The summed E-state index contributed by atoms with van der Waals surface area (Å²) < 4.78 is 5.06. The van der Waals surface area contributed by atoms with Crippen LogP contribution < -0.4 is 10.1 Å². The van der Waals surface area contributed by atoms with Crippen molar-refractivity contribution in [3.05, 3.63) is 47.5 Å². The Morgan fingerprint density at radius 3 is 2.74 bits per heavy atom. The Kier molecular flexibility index (Phi) is 4.30. The normalized spacial score (nSPS) is 10.4. The summed E-state index contributed by atoms with van der Waals surface area (Å²) in [6, 6.07) is 5.29. The summed E-state index contributed by atoms with van der Waals surface area (Å²) in [5, 5.41) is 12.8. The summed E-state index contributed by atoms with van der Waals surface area (Å²) in [5.41, 5.74) is 2.85. The van der Waals surface area contributed by atoms with Crippen molar-refractivity contribution in [2.45, 2.75) is 20.0 Å². The van der Waals surface area contributed by atoms with E-state index in [4.69, 9.17) is 4.74 Å². The summed E-state index contributed by atoms with van der Waals surface area (Å²) in [4.78, 5) is 8.46. The molecule has 0 bridgehead atoms. The Bertz CT molecular complexity index is 541. The molecule has 0 aliphatic rings. The van der Waals surface area contributed by atoms with Crippen LogP contribution in [0.4, 0.5) is 0 Å². The second kappa shape index (κ2) is 6.15. The predicted octanol–water partition coefficient (Wildman–Crippen LogP) is 1.79. The molecule has 2 N–H and O–H groups in total. The highest BCUT2D eigenvalue weighted by atomic mass is 16.5. The van der Waals surface area contributed by atoms with Crippen molar-refractivity contribution in [2.24, 2.45) is 0 Å². The molecule has 0 amide bonds. The molecule has 1 aromatic carbocycles. The van der Waals surface area contributed by atoms with Crippen LogP contribution in [-0.2, 0) is 13.1 Å². The third-order valence-electron chi connectivity index (χ3n) is 2.71. The monoisotopic (exact) mass is 259 g/mol. The summed E-state index contributed by atoms with van der Waals surface area (Å²) >= 11 is 0. The van der Waals surface area contributed by atoms with Gasteiger partial charge in [-0.1, -0.05) is 6.07 Å². The maximum Gasteiger partial charge on any atom is 0.160 e. The van der Waals surface area contributed by atoms with Gasteiger partial charge < -0.3 is 15.2 Å². The highest BCUT2D eigenvalue weighted by molar-refractivity contribution is 5.41. The summed E-state index contributed by atoms with van der Waals surface area (Å²) in [5.74, 6) is 0.630. The number of hydrogen-bond acceptors (Lipinski definition) is 5. The first-order chi connectivity index (χ1) is 9.19. The second-order valence-electron chi connectivity index (χ2n) is 4.26. The van der Waals surface area contributed by atoms with Gasteiger partial charge in [0, 0.05) is 25.5 Å². The van der Waals surface area contributed by atoms with E-state index in [0.29, 0.717) is 18.8 Å². The van der Waals surface area contributed by atoms with Crippen molar-refractivity contribution in [3.63, 3.8) is 0 Å². The zero-order chi connectivity index (χ0) is 13.7. The quantitative estimate of drug-likeness (QED) is 0.857. The molecule has 0 radical (unpaired) electrons. The molecule has 19 heavy (non-hydrogen) atoms. The van der Waals surface area contributed by atoms with Crippen LogP contribution in [0.15, 0.2) is 30.6 Å². The fourth-order valence-corrected chi connectivity index (χ4v) is 1.68. The van der Waals surface area contributed by atoms with Gasteiger partial charge in [0.2, 0.25) is 0 Å². The average molecular weight is 259 g/mol. The van der Waals surface area contributed by atoms with Gasteiger partial charge in [-0.05, 0) is 24.6 Å². The van der Waals surface area contributed by atoms with Crippen molar-refractivity contribution in [2.75, 3.05) is 7.11 Å². The minimum Gasteiger partial charge on any atom is -0.504 e. The van der Waals surface area contributed by atoms with Crippen LogP contribution in [0.3, 0.4) is 0 Å². The van der Waals surface area contributed by atoms with Gasteiger partial charge in [-0.3, -0.25) is 9.97 Å². The number of aryl methyl sites for hydroxylation is 1. The molecule has 0 spiro atoms. The van der Waals surface area contributed by atoms with Crippen molar-refractivity contribution in [3.8, 4) is 11.5 Å². The number of phenols is 1. The zero-order valence-corrected chi connectivity index (χ0v) is 11.1. The van der Waals surface area contributed by atoms with E-state index in [1.54, 1.807) is 18.5 Å². The van der Waals surface area contributed by atoms with Gasteiger partial charge in [0.05, 0.1) is 18.5 Å². The largest absolute Gasteiger partial charge is 0.504 e. The van der Waals surface area contributed by atoms with E-state index in [-0.39, 0.29) is 5.75 Å². The van der Waals surface area contributed by atoms with Crippen LogP contribution >= 0.6 is 0 Å². The number of aromatic hydroxyl groups is 1. The number of rotatable bonds is 5. The number of methoxy groups -OCH3 is 1. The molecular weight excluding hydrogens is 242 g/mol. The Morgan fingerprint density at radius 1 is 1.21 bits per heavy atom. The first kappa shape index (κ1) is 13.3. The first-order valence-electron chi connectivity index (χ1n) is 6.03. The van der Waals surface area contributed by atoms with Crippen LogP contribution in [0.5, 0.6) is 11.5 Å². The van der Waals surface area contributed by atoms with E-state index in [9.17, 15) is 5.11 Å². The molecule has 0 aliphatic carbocycles. The molecule has 0 aliphatic heterocycles. The molecule has 1 heterocycles. The molecule has 0 atom stereocenters. The first-order valence-corrected chi connectivity index (χ1v) is 6.03. The van der Waals surface area contributed by atoms with Crippen LogP contribution in [0.2, 0.25) is 0 Å². The van der Waals surface area contributed by atoms with Crippen molar-refractivity contribution in [1.82, 2.24) is 15.3 Å². The maximum absolute atomic E-state index is 9.50. The number of hydrogen-bond donors (Lipinski definition) is 2. The zero-order valence-electron chi connectivity index (χ0n) is 11.1. The van der Waals surface area contributed by atoms with Crippen molar-refractivity contribution in [1.29, 1.82) is 0 Å². The maximum atomic E-state index is 9.50. The molecule has 5 heteroatoms. The van der Waals surface area contributed by atoms with E-state index in [2.05, 4.69) is 15.3 Å². The van der Waals surface area contributed by atoms with E-state index in [1.165, 1.54) is 7.11 Å². The lowest BCUT2D eigenvalue weighted by atomic mass is 10.2. The molecular formula is C14H17N3O2. The number of nitrogens with one attached hydrogen (secondary N) is 1. The molecule has 0 unspecified atom stereocenters. The van der Waals surface area contributed by atoms with E-state index < -0.39 is 0 Å². The molecule has 2 rings (SSSR count). The number of ether oxygens (including phenoxy) is 1. The van der Waals surface area contributed by atoms with Crippen LogP contribution in [0, 0.1) is 6.92 Å². The van der Waals surface area contributed by atoms with Crippen LogP contribution in [0.25, 0.3) is 0 Å². The van der Waals surface area contributed by atoms with E-state index in [0.717, 1.165) is 17.0 Å². The molecule has 5 nitrogen and oxygen atoms in total.